The summed E-state index contributed by atoms with van der Waals surface area (Å²) in [6.45, 7) is 2.53. The van der Waals surface area contributed by atoms with Crippen molar-refractivity contribution in [1.29, 1.82) is 0 Å². The van der Waals surface area contributed by atoms with Crippen molar-refractivity contribution in [2.75, 3.05) is 7.05 Å². The van der Waals surface area contributed by atoms with Gasteiger partial charge in [-0.25, -0.2) is 0 Å². The number of nitro groups is 1. The zero-order chi connectivity index (χ0) is 17.5. The first-order chi connectivity index (χ1) is 11.5. The maximum Gasteiger partial charge on any atom is 0.269 e. The summed E-state index contributed by atoms with van der Waals surface area (Å²) in [6, 6.07) is 14.1. The van der Waals surface area contributed by atoms with Gasteiger partial charge in [0.1, 0.15) is 0 Å². The number of halogens is 1. The second-order valence-electron chi connectivity index (χ2n) is 5.27. The third kappa shape index (κ3) is 4.96. The Morgan fingerprint density at radius 3 is 2.58 bits per heavy atom. The lowest BCUT2D eigenvalue weighted by molar-refractivity contribution is -0.384. The number of rotatable bonds is 5. The summed E-state index contributed by atoms with van der Waals surface area (Å²) >= 11 is 6.01. The fourth-order valence-electron chi connectivity index (χ4n) is 2.18. The molecule has 0 spiro atoms. The van der Waals surface area contributed by atoms with E-state index in [-0.39, 0.29) is 11.7 Å². The number of hydrogen-bond donors (Lipinski definition) is 2. The van der Waals surface area contributed by atoms with Crippen molar-refractivity contribution < 1.29 is 4.92 Å². The lowest BCUT2D eigenvalue weighted by atomic mass is 10.1. The summed E-state index contributed by atoms with van der Waals surface area (Å²) in [6.07, 6.45) is 0. The Morgan fingerprint density at radius 2 is 2.00 bits per heavy atom. The van der Waals surface area contributed by atoms with Crippen LogP contribution in [0.3, 0.4) is 0 Å². The van der Waals surface area contributed by atoms with Crippen molar-refractivity contribution in [1.82, 2.24) is 10.6 Å². The minimum absolute atomic E-state index is 0.0340. The Labute approximate surface area is 145 Å². The summed E-state index contributed by atoms with van der Waals surface area (Å²) in [4.78, 5) is 14.4. The van der Waals surface area contributed by atoms with Gasteiger partial charge >= 0.3 is 0 Å². The number of hydrogen-bond acceptors (Lipinski definition) is 3. The van der Waals surface area contributed by atoms with Crippen LogP contribution in [0.2, 0.25) is 5.02 Å². The molecule has 6 nitrogen and oxygen atoms in total. The molecule has 2 aromatic carbocycles. The molecule has 0 aliphatic rings. The summed E-state index contributed by atoms with van der Waals surface area (Å²) in [7, 11) is 1.69. The molecule has 0 amide bonds. The zero-order valence-corrected chi connectivity index (χ0v) is 14.2. The van der Waals surface area contributed by atoms with Crippen molar-refractivity contribution in [2.45, 2.75) is 19.5 Å². The SMILES string of the molecule is CN=C(NCc1ccc([N+](=O)[O-])cc1)NC(C)c1cccc(Cl)c1. The standard InChI is InChI=1S/C17H19ClN4O2/c1-12(14-4-3-5-15(18)10-14)21-17(19-2)20-11-13-6-8-16(9-7-13)22(23)24/h3-10,12H,11H2,1-2H3,(H2,19,20,21). The van der Waals surface area contributed by atoms with E-state index >= 15 is 0 Å². The highest BCUT2D eigenvalue weighted by molar-refractivity contribution is 6.30. The van der Waals surface area contributed by atoms with E-state index in [1.165, 1.54) is 12.1 Å². The van der Waals surface area contributed by atoms with Gasteiger partial charge in [0.2, 0.25) is 0 Å². The van der Waals surface area contributed by atoms with Crippen molar-refractivity contribution in [2.24, 2.45) is 4.99 Å². The summed E-state index contributed by atoms with van der Waals surface area (Å²) in [5, 5.41) is 17.8. The average molecular weight is 347 g/mol. The lowest BCUT2D eigenvalue weighted by Crippen LogP contribution is -2.38. The smallest absolute Gasteiger partial charge is 0.269 e. The molecule has 0 fully saturated rings. The van der Waals surface area contributed by atoms with Crippen molar-refractivity contribution in [3.8, 4) is 0 Å². The monoisotopic (exact) mass is 346 g/mol. The largest absolute Gasteiger partial charge is 0.352 e. The summed E-state index contributed by atoms with van der Waals surface area (Å²) < 4.78 is 0. The van der Waals surface area contributed by atoms with E-state index in [0.717, 1.165) is 11.1 Å². The van der Waals surface area contributed by atoms with E-state index in [1.54, 1.807) is 19.2 Å². The number of guanidine groups is 1. The van der Waals surface area contributed by atoms with Crippen LogP contribution < -0.4 is 10.6 Å². The fraction of sp³-hybridized carbons (Fsp3) is 0.235. The van der Waals surface area contributed by atoms with Gasteiger partial charge in [0.25, 0.3) is 5.69 Å². The number of aliphatic imine (C=N–C) groups is 1. The molecule has 0 aliphatic heterocycles. The number of nitro benzene ring substituents is 1. The highest BCUT2D eigenvalue weighted by atomic mass is 35.5. The van der Waals surface area contributed by atoms with Crippen LogP contribution >= 0.6 is 11.6 Å². The maximum atomic E-state index is 10.7. The molecule has 2 aromatic rings. The van der Waals surface area contributed by atoms with E-state index in [1.807, 2.05) is 31.2 Å². The molecule has 126 valence electrons. The molecule has 0 heterocycles. The Hall–Kier alpha value is -2.60. The highest BCUT2D eigenvalue weighted by Crippen LogP contribution is 2.17. The Balaban J connectivity index is 1.93. The second kappa shape index (κ2) is 8.31. The van der Waals surface area contributed by atoms with E-state index in [4.69, 9.17) is 11.6 Å². The van der Waals surface area contributed by atoms with Gasteiger partial charge in [0, 0.05) is 30.7 Å². The van der Waals surface area contributed by atoms with E-state index in [2.05, 4.69) is 15.6 Å². The van der Waals surface area contributed by atoms with Crippen LogP contribution in [-0.4, -0.2) is 17.9 Å². The molecule has 1 atom stereocenters. The van der Waals surface area contributed by atoms with E-state index in [0.29, 0.717) is 17.5 Å². The average Bonchev–Trinajstić information content (AvgIpc) is 2.58. The quantitative estimate of drug-likeness (QED) is 0.374. The maximum absolute atomic E-state index is 10.7. The molecule has 0 bridgehead atoms. The highest BCUT2D eigenvalue weighted by Gasteiger charge is 2.09. The van der Waals surface area contributed by atoms with E-state index in [9.17, 15) is 10.1 Å². The third-order valence-corrected chi connectivity index (χ3v) is 3.77. The number of non-ortho nitro benzene ring substituents is 1. The summed E-state index contributed by atoms with van der Waals surface area (Å²) in [5.41, 5.74) is 2.07. The van der Waals surface area contributed by atoms with Gasteiger partial charge in [0.15, 0.2) is 5.96 Å². The molecular weight excluding hydrogens is 328 g/mol. The normalized spacial score (nSPS) is 12.5. The predicted octanol–water partition coefficient (Wildman–Crippen LogP) is 3.67. The molecule has 7 heteroatoms. The Bertz CT molecular complexity index is 732. The Kier molecular flexibility index (Phi) is 6.14. The van der Waals surface area contributed by atoms with Crippen molar-refractivity contribution in [3.63, 3.8) is 0 Å². The predicted molar refractivity (Wildman–Crippen MR) is 96.3 cm³/mol. The van der Waals surface area contributed by atoms with E-state index < -0.39 is 4.92 Å². The van der Waals surface area contributed by atoms with Crippen LogP contribution in [0.5, 0.6) is 0 Å². The molecule has 0 radical (unpaired) electrons. The zero-order valence-electron chi connectivity index (χ0n) is 13.5. The van der Waals surface area contributed by atoms with Gasteiger partial charge in [0.05, 0.1) is 11.0 Å². The van der Waals surface area contributed by atoms with Gasteiger partial charge in [-0.2, -0.15) is 0 Å². The molecule has 0 aliphatic carbocycles. The second-order valence-corrected chi connectivity index (χ2v) is 5.71. The molecule has 1 unspecified atom stereocenters. The van der Waals surface area contributed by atoms with Crippen LogP contribution in [0.1, 0.15) is 24.1 Å². The van der Waals surface area contributed by atoms with Crippen molar-refractivity contribution in [3.05, 3.63) is 74.8 Å². The topological polar surface area (TPSA) is 79.6 Å². The molecule has 0 saturated carbocycles. The van der Waals surface area contributed by atoms with Crippen LogP contribution in [0, 0.1) is 10.1 Å². The molecule has 2 N–H and O–H groups in total. The molecule has 0 saturated heterocycles. The van der Waals surface area contributed by atoms with Gasteiger partial charge < -0.3 is 10.6 Å². The summed E-state index contributed by atoms with van der Waals surface area (Å²) in [5.74, 6) is 0.640. The van der Waals surface area contributed by atoms with Gasteiger partial charge in [-0.05, 0) is 30.2 Å². The number of nitrogens with zero attached hydrogens (tertiary/aromatic N) is 2. The molecule has 2 rings (SSSR count). The molecular formula is C17H19ClN4O2. The van der Waals surface area contributed by atoms with Crippen LogP contribution in [-0.2, 0) is 6.54 Å². The van der Waals surface area contributed by atoms with Gasteiger partial charge in [-0.1, -0.05) is 35.9 Å². The minimum Gasteiger partial charge on any atom is -0.352 e. The Morgan fingerprint density at radius 1 is 1.29 bits per heavy atom. The fourth-order valence-corrected chi connectivity index (χ4v) is 2.38. The van der Waals surface area contributed by atoms with Gasteiger partial charge in [-0.3, -0.25) is 15.1 Å². The third-order valence-electron chi connectivity index (χ3n) is 3.53. The first kappa shape index (κ1) is 17.7. The molecule has 0 aromatic heterocycles. The first-order valence-corrected chi connectivity index (χ1v) is 7.83. The number of nitrogens with one attached hydrogen (secondary N) is 2. The van der Waals surface area contributed by atoms with Gasteiger partial charge in [-0.15, -0.1) is 0 Å². The molecule has 24 heavy (non-hydrogen) atoms. The first-order valence-electron chi connectivity index (χ1n) is 7.45. The van der Waals surface area contributed by atoms with Crippen LogP contribution in [0.25, 0.3) is 0 Å². The minimum atomic E-state index is -0.412. The van der Waals surface area contributed by atoms with Crippen LogP contribution in [0.15, 0.2) is 53.5 Å². The van der Waals surface area contributed by atoms with Crippen LogP contribution in [0.4, 0.5) is 5.69 Å². The van der Waals surface area contributed by atoms with Crippen molar-refractivity contribution >= 4 is 23.2 Å². The lowest BCUT2D eigenvalue weighted by Gasteiger charge is -2.18. The number of benzene rings is 2.